The summed E-state index contributed by atoms with van der Waals surface area (Å²) in [6, 6.07) is 0. The number of rotatable bonds is 6. The van der Waals surface area contributed by atoms with Crippen LogP contribution in [0.1, 0.15) is 20.8 Å². The van der Waals surface area contributed by atoms with Crippen LogP contribution >= 0.6 is 7.26 Å². The summed E-state index contributed by atoms with van der Waals surface area (Å²) >= 11 is 0. The van der Waals surface area contributed by atoms with E-state index in [2.05, 4.69) is 20.8 Å². The molecule has 0 saturated carbocycles. The third-order valence-electron chi connectivity index (χ3n) is 2.78. The topological polar surface area (TPSA) is 9.23 Å². The highest BCUT2D eigenvalue weighted by Crippen LogP contribution is 2.57. The van der Waals surface area contributed by atoms with Gasteiger partial charge < -0.3 is 22.0 Å². The van der Waals surface area contributed by atoms with Crippen LogP contribution in [0.3, 0.4) is 0 Å². The van der Waals surface area contributed by atoms with Gasteiger partial charge in [-0.05, 0) is 20.8 Å². The lowest BCUT2D eigenvalue weighted by Gasteiger charge is -2.22. The van der Waals surface area contributed by atoms with Gasteiger partial charge in [-0.1, -0.05) is 0 Å². The van der Waals surface area contributed by atoms with E-state index in [1.54, 1.807) is 7.11 Å². The molecule has 0 aliphatic carbocycles. The van der Waals surface area contributed by atoms with Gasteiger partial charge in [-0.3, -0.25) is 0 Å². The second-order valence-corrected chi connectivity index (χ2v) is 8.53. The van der Waals surface area contributed by atoms with Crippen LogP contribution in [0.25, 0.3) is 0 Å². The van der Waals surface area contributed by atoms with Crippen LogP contribution in [0.5, 0.6) is 0 Å². The van der Waals surface area contributed by atoms with E-state index in [1.165, 1.54) is 24.6 Å². The highest BCUT2D eigenvalue weighted by atomic mass is 31.2. The van der Waals surface area contributed by atoms with Crippen LogP contribution in [0, 0.1) is 0 Å². The van der Waals surface area contributed by atoms with E-state index in [1.807, 2.05) is 0 Å². The molecule has 0 N–H and O–H groups in total. The van der Waals surface area contributed by atoms with E-state index < -0.39 is 14.5 Å². The quantitative estimate of drug-likeness (QED) is 0.400. The fourth-order valence-electron chi connectivity index (χ4n) is 1.43. The number of hydrogen-bond acceptors (Lipinski definition) is 1. The highest BCUT2D eigenvalue weighted by Gasteiger charge is 2.30. The second-order valence-electron chi connectivity index (χ2n) is 3.50. The third-order valence-corrected chi connectivity index (χ3v) is 7.94. The van der Waals surface area contributed by atoms with Gasteiger partial charge in [0.25, 0.3) is 0 Å². The van der Waals surface area contributed by atoms with Crippen molar-refractivity contribution in [2.45, 2.75) is 20.8 Å². The van der Waals surface area contributed by atoms with Crippen LogP contribution in [-0.4, -0.2) is 45.6 Å². The van der Waals surface area contributed by atoms with E-state index in [9.17, 15) is 17.3 Å². The molecule has 0 aromatic rings. The normalized spacial score (nSPS) is 12.0. The van der Waals surface area contributed by atoms with Gasteiger partial charge in [-0.15, -0.1) is 0 Å². The minimum Gasteiger partial charge on any atom is -0.418 e. The van der Waals surface area contributed by atoms with Gasteiger partial charge in [-0.25, -0.2) is 0 Å². The SMILES string of the molecule is CC[P+](CC)(CC)CCOC.F[B-](F)(F)F. The van der Waals surface area contributed by atoms with Crippen LogP contribution in [0.15, 0.2) is 0 Å². The molecule has 0 atom stereocenters. The zero-order chi connectivity index (χ0) is 13.2. The van der Waals surface area contributed by atoms with Gasteiger partial charge in [-0.2, -0.15) is 0 Å². The van der Waals surface area contributed by atoms with Crippen LogP contribution in [0.2, 0.25) is 0 Å². The second kappa shape index (κ2) is 9.23. The van der Waals surface area contributed by atoms with Crippen molar-refractivity contribution in [3.8, 4) is 0 Å². The van der Waals surface area contributed by atoms with Gasteiger partial charge in [0, 0.05) is 14.4 Å². The van der Waals surface area contributed by atoms with Crippen molar-refractivity contribution in [3.63, 3.8) is 0 Å². The van der Waals surface area contributed by atoms with Crippen molar-refractivity contribution in [1.29, 1.82) is 0 Å². The smallest absolute Gasteiger partial charge is 0.418 e. The van der Waals surface area contributed by atoms with Gasteiger partial charge >= 0.3 is 7.25 Å². The molecule has 7 heteroatoms. The van der Waals surface area contributed by atoms with Crippen LogP contribution in [-0.2, 0) is 4.74 Å². The molecule has 100 valence electrons. The average molecular weight is 264 g/mol. The van der Waals surface area contributed by atoms with Gasteiger partial charge in [0.05, 0.1) is 31.3 Å². The standard InChI is InChI=1S/C9H22OP.BF4/c1-5-11(6-2,7-3)9-8-10-4;2-1(3,4)5/h5-9H2,1-4H3;/q+1;-1. The molecule has 0 rings (SSSR count). The Morgan fingerprint density at radius 1 is 0.938 bits per heavy atom. The van der Waals surface area contributed by atoms with Crippen molar-refractivity contribution >= 4 is 14.5 Å². The molecule has 0 unspecified atom stereocenters. The summed E-state index contributed by atoms with van der Waals surface area (Å²) in [4.78, 5) is 0. The zero-order valence-electron chi connectivity index (χ0n) is 10.5. The van der Waals surface area contributed by atoms with E-state index in [-0.39, 0.29) is 0 Å². The zero-order valence-corrected chi connectivity index (χ0v) is 11.4. The maximum atomic E-state index is 9.75. The summed E-state index contributed by atoms with van der Waals surface area (Å²) in [5.74, 6) is 0. The first-order valence-corrected chi connectivity index (χ1v) is 7.99. The van der Waals surface area contributed by atoms with Gasteiger partial charge in [0.2, 0.25) is 0 Å². The minimum absolute atomic E-state index is 0.580. The molecule has 0 aliphatic heterocycles. The molecular formula is C9H22BF4OP. The van der Waals surface area contributed by atoms with Crippen molar-refractivity contribution < 1.29 is 22.0 Å². The first-order valence-electron chi connectivity index (χ1n) is 5.46. The molecule has 0 spiro atoms. The van der Waals surface area contributed by atoms with Gasteiger partial charge in [0.15, 0.2) is 0 Å². The Hall–Kier alpha value is 0.175. The Kier molecular flexibility index (Phi) is 10.7. The fourth-order valence-corrected chi connectivity index (χ4v) is 4.29. The summed E-state index contributed by atoms with van der Waals surface area (Å²) in [5, 5.41) is 0. The molecule has 0 saturated heterocycles. The molecule has 0 aromatic heterocycles. The average Bonchev–Trinajstić information content (AvgIpc) is 2.19. The minimum atomic E-state index is -6.00. The molecule has 1 nitrogen and oxygen atoms in total. The van der Waals surface area contributed by atoms with E-state index in [0.29, 0.717) is 0 Å². The van der Waals surface area contributed by atoms with E-state index >= 15 is 0 Å². The Bertz CT molecular complexity index is 148. The monoisotopic (exact) mass is 264 g/mol. The van der Waals surface area contributed by atoms with E-state index in [4.69, 9.17) is 4.74 Å². The van der Waals surface area contributed by atoms with Crippen LogP contribution < -0.4 is 0 Å². The van der Waals surface area contributed by atoms with Crippen LogP contribution in [0.4, 0.5) is 17.3 Å². The Labute approximate surface area is 96.4 Å². The predicted molar refractivity (Wildman–Crippen MR) is 65.5 cm³/mol. The van der Waals surface area contributed by atoms with E-state index in [0.717, 1.165) is 6.61 Å². The first kappa shape index (κ1) is 18.5. The maximum Gasteiger partial charge on any atom is 0.673 e. The summed E-state index contributed by atoms with van der Waals surface area (Å²) in [7, 11) is -4.78. The summed E-state index contributed by atoms with van der Waals surface area (Å²) < 4.78 is 44.1. The Morgan fingerprint density at radius 3 is 1.44 bits per heavy atom. The molecule has 0 aromatic carbocycles. The summed E-state index contributed by atoms with van der Waals surface area (Å²) in [6.45, 7) is 7.95. The lowest BCUT2D eigenvalue weighted by atomic mass is 10.3. The lowest BCUT2D eigenvalue weighted by Crippen LogP contribution is -2.11. The number of methoxy groups -OCH3 is 1. The number of halogens is 4. The summed E-state index contributed by atoms with van der Waals surface area (Å²) in [6.07, 6.45) is 5.50. The molecule has 0 aliphatic rings. The highest BCUT2D eigenvalue weighted by molar-refractivity contribution is 7.75. The number of hydrogen-bond donors (Lipinski definition) is 0. The largest absolute Gasteiger partial charge is 0.673 e. The molecule has 16 heavy (non-hydrogen) atoms. The maximum absolute atomic E-state index is 9.75. The molecule has 0 bridgehead atoms. The van der Waals surface area contributed by atoms with Crippen molar-refractivity contribution in [1.82, 2.24) is 0 Å². The first-order chi connectivity index (χ1) is 7.24. The molecule has 0 amide bonds. The lowest BCUT2D eigenvalue weighted by molar-refractivity contribution is 0.217. The Morgan fingerprint density at radius 2 is 1.25 bits per heavy atom. The van der Waals surface area contributed by atoms with Crippen molar-refractivity contribution in [3.05, 3.63) is 0 Å². The molecule has 0 heterocycles. The van der Waals surface area contributed by atoms with Crippen molar-refractivity contribution in [2.75, 3.05) is 38.4 Å². The Balaban J connectivity index is 0. The third kappa shape index (κ3) is 12.2. The van der Waals surface area contributed by atoms with Gasteiger partial charge in [0.1, 0.15) is 0 Å². The van der Waals surface area contributed by atoms with Crippen molar-refractivity contribution in [2.24, 2.45) is 0 Å². The summed E-state index contributed by atoms with van der Waals surface area (Å²) in [5.41, 5.74) is 0. The molecular weight excluding hydrogens is 242 g/mol. The fraction of sp³-hybridized carbons (Fsp3) is 1.00. The molecule has 0 radical (unpaired) electrons. The molecule has 0 fully saturated rings. The predicted octanol–water partition coefficient (Wildman–Crippen LogP) is 4.01. The number of ether oxygens (including phenoxy) is 1.